The van der Waals surface area contributed by atoms with E-state index in [-0.39, 0.29) is 24.9 Å². The van der Waals surface area contributed by atoms with Crippen LogP contribution in [0.25, 0.3) is 0 Å². The number of rotatable bonds is 6. The molecule has 7 nitrogen and oxygen atoms in total. The van der Waals surface area contributed by atoms with E-state index in [0.29, 0.717) is 27.1 Å². The second-order valence-electron chi connectivity index (χ2n) is 6.72. The maximum atomic E-state index is 12.7. The second kappa shape index (κ2) is 9.97. The number of hydrogen-bond acceptors (Lipinski definition) is 6. The van der Waals surface area contributed by atoms with Gasteiger partial charge in [-0.25, -0.2) is 10.2 Å². The molecule has 0 fully saturated rings. The lowest BCUT2D eigenvalue weighted by molar-refractivity contribution is -0.120. The SMILES string of the molecule is O=C(Cc1ccccc1)NN=Cc1cc(Br)cc(Br)c1OC(=O)c1ccc2c(c1)OCO2. The molecule has 162 valence electrons. The molecule has 1 amide bonds. The topological polar surface area (TPSA) is 86.2 Å². The summed E-state index contributed by atoms with van der Waals surface area (Å²) < 4.78 is 17.5. The predicted molar refractivity (Wildman–Crippen MR) is 125 cm³/mol. The van der Waals surface area contributed by atoms with Gasteiger partial charge in [0.2, 0.25) is 12.7 Å². The van der Waals surface area contributed by atoms with Crippen LogP contribution in [0.2, 0.25) is 0 Å². The van der Waals surface area contributed by atoms with Crippen molar-refractivity contribution in [3.8, 4) is 17.2 Å². The van der Waals surface area contributed by atoms with Crippen LogP contribution in [-0.2, 0) is 11.2 Å². The van der Waals surface area contributed by atoms with Gasteiger partial charge in [0.25, 0.3) is 0 Å². The maximum absolute atomic E-state index is 12.7. The molecule has 4 rings (SSSR count). The Morgan fingerprint density at radius 1 is 1.03 bits per heavy atom. The number of nitrogens with zero attached hydrogens (tertiary/aromatic N) is 1. The molecular formula is C23H16Br2N2O5. The molecule has 1 heterocycles. The van der Waals surface area contributed by atoms with Gasteiger partial charge in [-0.1, -0.05) is 46.3 Å². The third-order valence-electron chi connectivity index (χ3n) is 4.44. The van der Waals surface area contributed by atoms with Gasteiger partial charge >= 0.3 is 5.97 Å². The lowest BCUT2D eigenvalue weighted by Crippen LogP contribution is -2.19. The van der Waals surface area contributed by atoms with Crippen LogP contribution in [0.5, 0.6) is 17.2 Å². The van der Waals surface area contributed by atoms with Crippen molar-refractivity contribution in [2.45, 2.75) is 6.42 Å². The molecule has 3 aromatic carbocycles. The highest BCUT2D eigenvalue weighted by atomic mass is 79.9. The molecule has 9 heteroatoms. The van der Waals surface area contributed by atoms with Gasteiger partial charge < -0.3 is 14.2 Å². The van der Waals surface area contributed by atoms with Gasteiger partial charge in [-0.2, -0.15) is 5.10 Å². The highest BCUT2D eigenvalue weighted by Gasteiger charge is 2.19. The Hall–Kier alpha value is -3.17. The third kappa shape index (κ3) is 5.35. The highest BCUT2D eigenvalue weighted by Crippen LogP contribution is 2.35. The van der Waals surface area contributed by atoms with Crippen molar-refractivity contribution >= 4 is 50.0 Å². The molecule has 0 aromatic heterocycles. The summed E-state index contributed by atoms with van der Waals surface area (Å²) in [6.45, 7) is 0.114. The second-order valence-corrected chi connectivity index (χ2v) is 8.49. The van der Waals surface area contributed by atoms with Gasteiger partial charge in [-0.15, -0.1) is 0 Å². The number of halogens is 2. The van der Waals surface area contributed by atoms with Gasteiger partial charge in [0.05, 0.1) is 22.7 Å². The molecule has 1 aliphatic heterocycles. The molecule has 1 N–H and O–H groups in total. The number of carbonyl (C=O) groups is 2. The first kappa shape index (κ1) is 22.0. The summed E-state index contributed by atoms with van der Waals surface area (Å²) in [7, 11) is 0. The minimum absolute atomic E-state index is 0.114. The maximum Gasteiger partial charge on any atom is 0.343 e. The first-order valence-electron chi connectivity index (χ1n) is 9.46. The van der Waals surface area contributed by atoms with E-state index < -0.39 is 5.97 Å². The van der Waals surface area contributed by atoms with Gasteiger partial charge in [-0.05, 0) is 51.8 Å². The molecule has 0 saturated carbocycles. The Morgan fingerprint density at radius 3 is 2.62 bits per heavy atom. The van der Waals surface area contributed by atoms with Crippen molar-refractivity contribution in [2.24, 2.45) is 5.10 Å². The summed E-state index contributed by atoms with van der Waals surface area (Å²) >= 11 is 6.82. The van der Waals surface area contributed by atoms with Crippen molar-refractivity contribution in [1.29, 1.82) is 0 Å². The average molecular weight is 560 g/mol. The molecular weight excluding hydrogens is 544 g/mol. The van der Waals surface area contributed by atoms with Gasteiger partial charge in [0.15, 0.2) is 17.2 Å². The summed E-state index contributed by atoms with van der Waals surface area (Å²) in [6.07, 6.45) is 1.62. The Kier molecular flexibility index (Phi) is 6.87. The molecule has 0 radical (unpaired) electrons. The molecule has 0 saturated heterocycles. The first-order valence-corrected chi connectivity index (χ1v) is 11.0. The summed E-state index contributed by atoms with van der Waals surface area (Å²) in [5.41, 5.74) is 4.16. The Balaban J connectivity index is 1.48. The smallest absolute Gasteiger partial charge is 0.343 e. The van der Waals surface area contributed by atoms with Gasteiger partial charge in [-0.3, -0.25) is 4.79 Å². The molecule has 1 aliphatic rings. The number of amides is 1. The fourth-order valence-corrected chi connectivity index (χ4v) is 4.29. The predicted octanol–water partition coefficient (Wildman–Crippen LogP) is 4.85. The highest BCUT2D eigenvalue weighted by molar-refractivity contribution is 9.11. The summed E-state index contributed by atoms with van der Waals surface area (Å²) in [5, 5.41) is 4.01. The lowest BCUT2D eigenvalue weighted by atomic mass is 10.1. The zero-order valence-corrected chi connectivity index (χ0v) is 19.7. The van der Waals surface area contributed by atoms with Crippen molar-refractivity contribution in [2.75, 3.05) is 6.79 Å². The van der Waals surface area contributed by atoms with Crippen LogP contribution in [0.4, 0.5) is 0 Å². The van der Waals surface area contributed by atoms with E-state index in [1.807, 2.05) is 30.3 Å². The molecule has 0 atom stereocenters. The average Bonchev–Trinajstić information content (AvgIpc) is 3.24. The van der Waals surface area contributed by atoms with Gasteiger partial charge in [0.1, 0.15) is 0 Å². The van der Waals surface area contributed by atoms with Crippen LogP contribution < -0.4 is 19.6 Å². The van der Waals surface area contributed by atoms with E-state index >= 15 is 0 Å². The molecule has 0 aliphatic carbocycles. The van der Waals surface area contributed by atoms with Crippen molar-refractivity contribution in [1.82, 2.24) is 5.43 Å². The number of fused-ring (bicyclic) bond motifs is 1. The monoisotopic (exact) mass is 558 g/mol. The van der Waals surface area contributed by atoms with Crippen molar-refractivity contribution in [3.05, 3.63) is 86.3 Å². The largest absolute Gasteiger partial charge is 0.454 e. The van der Waals surface area contributed by atoms with E-state index in [9.17, 15) is 9.59 Å². The number of hydrazone groups is 1. The van der Waals surface area contributed by atoms with Crippen molar-refractivity contribution < 1.29 is 23.8 Å². The number of esters is 1. The molecule has 0 bridgehead atoms. The van der Waals surface area contributed by atoms with Crippen LogP contribution in [0.15, 0.2) is 74.7 Å². The van der Waals surface area contributed by atoms with Crippen molar-refractivity contribution in [3.63, 3.8) is 0 Å². The third-order valence-corrected chi connectivity index (χ3v) is 5.49. The Morgan fingerprint density at radius 2 is 1.81 bits per heavy atom. The quantitative estimate of drug-likeness (QED) is 0.202. The zero-order chi connectivity index (χ0) is 22.5. The van der Waals surface area contributed by atoms with E-state index in [1.165, 1.54) is 6.21 Å². The minimum Gasteiger partial charge on any atom is -0.454 e. The Labute approximate surface area is 200 Å². The number of benzene rings is 3. The van der Waals surface area contributed by atoms with Crippen LogP contribution in [0.3, 0.4) is 0 Å². The summed E-state index contributed by atoms with van der Waals surface area (Å²) in [6, 6.07) is 17.6. The number of ether oxygens (including phenoxy) is 3. The summed E-state index contributed by atoms with van der Waals surface area (Å²) in [5.74, 6) is 0.481. The molecule has 0 spiro atoms. The van der Waals surface area contributed by atoms with E-state index in [2.05, 4.69) is 42.4 Å². The van der Waals surface area contributed by atoms with Crippen LogP contribution >= 0.6 is 31.9 Å². The van der Waals surface area contributed by atoms with E-state index in [4.69, 9.17) is 14.2 Å². The minimum atomic E-state index is -0.575. The first-order chi connectivity index (χ1) is 15.5. The van der Waals surface area contributed by atoms with Crippen LogP contribution in [0, 0.1) is 0 Å². The van der Waals surface area contributed by atoms with Crippen LogP contribution in [-0.4, -0.2) is 24.9 Å². The fraction of sp³-hybridized carbons (Fsp3) is 0.0870. The number of hydrogen-bond donors (Lipinski definition) is 1. The lowest BCUT2D eigenvalue weighted by Gasteiger charge is -2.11. The van der Waals surface area contributed by atoms with E-state index in [0.717, 1.165) is 10.0 Å². The molecule has 0 unspecified atom stereocenters. The van der Waals surface area contributed by atoms with E-state index in [1.54, 1.807) is 30.3 Å². The number of nitrogens with one attached hydrogen (secondary N) is 1. The number of carbonyl (C=O) groups excluding carboxylic acids is 2. The van der Waals surface area contributed by atoms with Gasteiger partial charge in [0, 0.05) is 10.0 Å². The molecule has 3 aromatic rings. The standard InChI is InChI=1S/C23H16Br2N2O5/c24-17-9-16(12-26-27-21(28)8-14-4-2-1-3-5-14)22(18(25)11-17)32-23(29)15-6-7-19-20(10-15)31-13-30-19/h1-7,9-12H,8,13H2,(H,27,28). The Bertz CT molecular complexity index is 1200. The summed E-state index contributed by atoms with van der Waals surface area (Å²) in [4.78, 5) is 24.8. The normalized spacial score (nSPS) is 12.1. The van der Waals surface area contributed by atoms with Crippen LogP contribution in [0.1, 0.15) is 21.5 Å². The molecule has 32 heavy (non-hydrogen) atoms. The fourth-order valence-electron chi connectivity index (χ4n) is 2.95. The zero-order valence-electron chi connectivity index (χ0n) is 16.5.